The van der Waals surface area contributed by atoms with Crippen LogP contribution in [0.15, 0.2) is 0 Å². The van der Waals surface area contributed by atoms with Gasteiger partial charge in [0.1, 0.15) is 0 Å². The van der Waals surface area contributed by atoms with E-state index in [4.69, 9.17) is 86.3 Å². The van der Waals surface area contributed by atoms with Gasteiger partial charge in [0, 0.05) is 0 Å². The zero-order valence-electron chi connectivity index (χ0n) is 15.2. The van der Waals surface area contributed by atoms with Crippen molar-refractivity contribution >= 4 is 54.8 Å². The van der Waals surface area contributed by atoms with Gasteiger partial charge in [-0.1, -0.05) is 0 Å². The van der Waals surface area contributed by atoms with Crippen molar-refractivity contribution in [2.45, 2.75) is 0 Å². The summed E-state index contributed by atoms with van der Waals surface area (Å²) in [5.74, 6) is 0. The molecule has 16 N–H and O–H groups in total. The Kier molecular flexibility index (Phi) is 43.6. The van der Waals surface area contributed by atoms with Crippen LogP contribution in [0.2, 0.25) is 0 Å². The Hall–Kier alpha value is 3.60. The molecule has 0 aliphatic heterocycles. The van der Waals surface area contributed by atoms with Gasteiger partial charge in [-0.25, -0.2) is 20.5 Å². The molecule has 0 rings (SSSR count). The van der Waals surface area contributed by atoms with Crippen LogP contribution in [-0.2, 0) is 0 Å². The summed E-state index contributed by atoms with van der Waals surface area (Å²) in [6.07, 6.45) is 0. The molecular formula is H16F6KO18RbSi6. The summed E-state index contributed by atoms with van der Waals surface area (Å²) >= 11 is 0. The largest absolute Gasteiger partial charge is 1.00 e. The Bertz CT molecular complexity index is 240. The van der Waals surface area contributed by atoms with E-state index < -0.39 is 54.8 Å². The molecule has 0 amide bonds. The number of halogens is 6. The molecule has 0 aromatic carbocycles. The Labute approximate surface area is 270 Å². The van der Waals surface area contributed by atoms with E-state index >= 15 is 0 Å². The predicted octanol–water partition coefficient (Wildman–Crippen LogP) is -17.0. The van der Waals surface area contributed by atoms with Gasteiger partial charge < -0.3 is 90.4 Å². The SMILES string of the molecule is O[Si](O)(O)F.O[Si](O)(O)F.O[Si](O)(O)F.O[Si](O)(O)F.O[Si](O)(O)F.[K+].[O-][Si]([O-])(O)F.[Rb+]. The van der Waals surface area contributed by atoms with Crippen LogP contribution in [0, 0.1) is 0 Å². The zero-order chi connectivity index (χ0) is 27.0. The topological polar surface area (TPSA) is 370 Å². The van der Waals surface area contributed by atoms with Crippen molar-refractivity contribution in [3.05, 3.63) is 0 Å². The quantitative estimate of drug-likeness (QED) is 0.0630. The Morgan fingerprint density at radius 2 is 0.344 bits per heavy atom. The number of hydrogen-bond acceptors (Lipinski definition) is 18. The van der Waals surface area contributed by atoms with Gasteiger partial charge in [0.2, 0.25) is 9.14 Å². The van der Waals surface area contributed by atoms with Crippen LogP contribution in [0.3, 0.4) is 0 Å². The van der Waals surface area contributed by atoms with Crippen LogP contribution in [0.4, 0.5) is 24.6 Å². The van der Waals surface area contributed by atoms with Crippen LogP contribution in [-0.4, -0.2) is 132 Å². The second kappa shape index (κ2) is 24.9. The molecule has 0 saturated heterocycles. The van der Waals surface area contributed by atoms with Crippen LogP contribution < -0.4 is 119 Å². The average molecular weight is 711 g/mol. The minimum absolute atomic E-state index is 0. The van der Waals surface area contributed by atoms with Gasteiger partial charge in [-0.3, -0.25) is 0 Å². The third kappa shape index (κ3) is 2750. The summed E-state index contributed by atoms with van der Waals surface area (Å²) < 4.78 is 62.7. The van der Waals surface area contributed by atoms with E-state index in [1.807, 2.05) is 0 Å². The molecule has 0 spiro atoms. The third-order valence-electron chi connectivity index (χ3n) is 0. The Morgan fingerprint density at radius 3 is 0.344 bits per heavy atom. The smallest absolute Gasteiger partial charge is 0.825 e. The second-order valence-corrected chi connectivity index (χ2v) is 9.82. The molecule has 0 aliphatic rings. The van der Waals surface area contributed by atoms with Gasteiger partial charge in [-0.2, -0.15) is 0 Å². The molecule has 0 saturated carbocycles. The number of rotatable bonds is 0. The molecule has 18 nitrogen and oxygen atoms in total. The van der Waals surface area contributed by atoms with E-state index in [-0.39, 0.29) is 110 Å². The molecule has 0 atom stereocenters. The number of hydrogen-bond donors (Lipinski definition) is 16. The molecule has 0 unspecified atom stereocenters. The van der Waals surface area contributed by atoms with Gasteiger partial charge >= 0.3 is 155 Å². The molecule has 0 fully saturated rings. The van der Waals surface area contributed by atoms with Crippen LogP contribution in [0.25, 0.3) is 0 Å². The van der Waals surface area contributed by atoms with E-state index in [2.05, 4.69) is 0 Å². The average Bonchev–Trinajstić information content (AvgIpc) is 1.94. The Morgan fingerprint density at radius 1 is 0.344 bits per heavy atom. The second-order valence-electron chi connectivity index (χ2n) is 3.27. The molecule has 32 heavy (non-hydrogen) atoms. The monoisotopic (exact) mass is 710 g/mol. The fourth-order valence-electron chi connectivity index (χ4n) is 0. The third-order valence-corrected chi connectivity index (χ3v) is 0. The van der Waals surface area contributed by atoms with Crippen molar-refractivity contribution in [3.63, 3.8) is 0 Å². The van der Waals surface area contributed by atoms with E-state index in [9.17, 15) is 24.6 Å². The molecule has 0 aromatic heterocycles. The molecule has 0 radical (unpaired) electrons. The Balaban J connectivity index is -0.0000000356. The molecule has 0 aromatic rings. The van der Waals surface area contributed by atoms with Gasteiger partial charge in [0.25, 0.3) is 0 Å². The maximum atomic E-state index is 10.5. The van der Waals surface area contributed by atoms with Crippen LogP contribution >= 0.6 is 0 Å². The standard InChI is InChI=1S/5FH3O3Si.FHO3Si.K.Rb/c6*1-5(2,3)4;;/h5*2-4H;2H;;/q;;;;;-2;2*+1. The molecule has 0 aliphatic carbocycles. The zero-order valence-corrected chi connectivity index (χ0v) is 29.3. The normalized spacial score (nSPS) is 11.2. The van der Waals surface area contributed by atoms with Gasteiger partial charge in [-0.15, -0.1) is 0 Å². The minimum Gasteiger partial charge on any atom is -0.825 e. The van der Waals surface area contributed by atoms with Crippen molar-refractivity contribution < 1.29 is 221 Å². The van der Waals surface area contributed by atoms with Crippen molar-refractivity contribution in [1.29, 1.82) is 0 Å². The van der Waals surface area contributed by atoms with Crippen LogP contribution in [0.1, 0.15) is 0 Å². The predicted molar refractivity (Wildman–Crippen MR) is 76.7 cm³/mol. The fraction of sp³-hybridized carbons (Fsp3) is 0. The molecular weight excluding hydrogens is 695 g/mol. The van der Waals surface area contributed by atoms with Crippen molar-refractivity contribution in [2.24, 2.45) is 0 Å². The van der Waals surface area contributed by atoms with Crippen molar-refractivity contribution in [3.8, 4) is 0 Å². The van der Waals surface area contributed by atoms with E-state index in [1.54, 1.807) is 0 Å². The minimum atomic E-state index is -5.61. The first-order valence-corrected chi connectivity index (χ1v) is 15.4. The summed E-state index contributed by atoms with van der Waals surface area (Å²) in [5.41, 5.74) is 0. The first-order chi connectivity index (χ1) is 12.0. The summed E-state index contributed by atoms with van der Waals surface area (Å²) in [4.78, 5) is 131. The van der Waals surface area contributed by atoms with Gasteiger partial charge in [0.15, 0.2) is 0 Å². The fourth-order valence-corrected chi connectivity index (χ4v) is 0. The summed E-state index contributed by atoms with van der Waals surface area (Å²) in [6.45, 7) is 0. The first kappa shape index (κ1) is 56.0. The molecule has 0 heterocycles. The van der Waals surface area contributed by atoms with E-state index in [0.29, 0.717) is 0 Å². The van der Waals surface area contributed by atoms with Crippen molar-refractivity contribution in [1.82, 2.24) is 0 Å². The maximum Gasteiger partial charge on any atom is 1.00 e. The maximum absolute atomic E-state index is 10.5. The summed E-state index contributed by atoms with van der Waals surface area (Å²) in [6, 6.07) is 0. The van der Waals surface area contributed by atoms with Crippen LogP contribution in [0.5, 0.6) is 0 Å². The first-order valence-electron chi connectivity index (χ1n) is 5.12. The molecule has 32 heteroatoms. The molecule has 0 bridgehead atoms. The summed E-state index contributed by atoms with van der Waals surface area (Å²) in [5, 5.41) is 0. The van der Waals surface area contributed by atoms with Gasteiger partial charge in [-0.05, 0) is 0 Å². The van der Waals surface area contributed by atoms with E-state index in [1.165, 1.54) is 0 Å². The molecule has 192 valence electrons. The van der Waals surface area contributed by atoms with Gasteiger partial charge in [0.05, 0.1) is 0 Å². The van der Waals surface area contributed by atoms with Crippen molar-refractivity contribution in [2.75, 3.05) is 0 Å². The summed E-state index contributed by atoms with van der Waals surface area (Å²) in [7, 11) is -31.2. The van der Waals surface area contributed by atoms with E-state index in [0.717, 1.165) is 0 Å².